The zero-order chi connectivity index (χ0) is 13.0. The number of likely N-dealkylation sites (N-methyl/N-ethyl adjacent to an activating group) is 1. The summed E-state index contributed by atoms with van der Waals surface area (Å²) in [6.07, 6.45) is 5.60. The first-order chi connectivity index (χ1) is 8.72. The average molecular weight is 251 g/mol. The van der Waals surface area contributed by atoms with Crippen molar-refractivity contribution < 1.29 is 4.74 Å². The molecule has 3 atom stereocenters. The van der Waals surface area contributed by atoms with Gasteiger partial charge in [-0.05, 0) is 37.8 Å². The molecule has 1 aromatic heterocycles. The lowest BCUT2D eigenvalue weighted by molar-refractivity contribution is 0.0587. The highest BCUT2D eigenvalue weighted by molar-refractivity contribution is 5.01. The molecule has 0 saturated carbocycles. The summed E-state index contributed by atoms with van der Waals surface area (Å²) in [4.78, 5) is 0. The van der Waals surface area contributed by atoms with Gasteiger partial charge >= 0.3 is 0 Å². The van der Waals surface area contributed by atoms with E-state index in [1.165, 1.54) is 12.1 Å². The maximum absolute atomic E-state index is 5.90. The molecule has 0 radical (unpaired) electrons. The van der Waals surface area contributed by atoms with Gasteiger partial charge in [0, 0.05) is 31.6 Å². The van der Waals surface area contributed by atoms with E-state index in [4.69, 9.17) is 4.74 Å². The van der Waals surface area contributed by atoms with Gasteiger partial charge in [0.05, 0.1) is 6.10 Å². The van der Waals surface area contributed by atoms with Gasteiger partial charge in [-0.2, -0.15) is 5.10 Å². The standard InChI is InChI=1S/C14H25N3O/c1-4-15-13(14-11(2)8-10-18-14)6-5-12-7-9-16-17(12)3/h7,9,11,13-15H,4-6,8,10H2,1-3H3. The average Bonchev–Trinajstić information content (AvgIpc) is 2.94. The van der Waals surface area contributed by atoms with Crippen LogP contribution in [-0.2, 0) is 18.2 Å². The highest BCUT2D eigenvalue weighted by Crippen LogP contribution is 2.25. The Morgan fingerprint density at radius 1 is 1.61 bits per heavy atom. The molecule has 0 aliphatic carbocycles. The summed E-state index contributed by atoms with van der Waals surface area (Å²) in [5.74, 6) is 0.667. The zero-order valence-electron chi connectivity index (χ0n) is 11.7. The van der Waals surface area contributed by atoms with Crippen LogP contribution in [0.5, 0.6) is 0 Å². The van der Waals surface area contributed by atoms with Crippen LogP contribution in [0.1, 0.15) is 32.4 Å². The fourth-order valence-corrected chi connectivity index (χ4v) is 2.83. The smallest absolute Gasteiger partial charge is 0.0754 e. The lowest BCUT2D eigenvalue weighted by Gasteiger charge is -2.26. The molecule has 2 heterocycles. The first kappa shape index (κ1) is 13.6. The third kappa shape index (κ3) is 3.12. The number of aryl methyl sites for hydroxylation is 2. The largest absolute Gasteiger partial charge is 0.376 e. The molecule has 0 spiro atoms. The summed E-state index contributed by atoms with van der Waals surface area (Å²) < 4.78 is 7.86. The molecule has 1 fully saturated rings. The van der Waals surface area contributed by atoms with Crippen LogP contribution in [0.4, 0.5) is 0 Å². The Morgan fingerprint density at radius 2 is 2.44 bits per heavy atom. The second-order valence-corrected chi connectivity index (χ2v) is 5.25. The minimum Gasteiger partial charge on any atom is -0.376 e. The van der Waals surface area contributed by atoms with Gasteiger partial charge in [0.2, 0.25) is 0 Å². The van der Waals surface area contributed by atoms with E-state index in [0.29, 0.717) is 18.1 Å². The molecule has 1 saturated heterocycles. The number of hydrogen-bond donors (Lipinski definition) is 1. The molecule has 1 aliphatic rings. The lowest BCUT2D eigenvalue weighted by atomic mass is 9.94. The molecule has 2 rings (SSSR count). The highest BCUT2D eigenvalue weighted by atomic mass is 16.5. The zero-order valence-corrected chi connectivity index (χ0v) is 11.7. The van der Waals surface area contributed by atoms with E-state index in [1.807, 2.05) is 17.9 Å². The van der Waals surface area contributed by atoms with Crippen molar-refractivity contribution in [2.24, 2.45) is 13.0 Å². The Bertz CT molecular complexity index is 364. The summed E-state index contributed by atoms with van der Waals surface area (Å²) >= 11 is 0. The summed E-state index contributed by atoms with van der Waals surface area (Å²) in [6, 6.07) is 2.56. The van der Waals surface area contributed by atoms with E-state index in [-0.39, 0.29) is 0 Å². The number of ether oxygens (including phenoxy) is 1. The molecule has 1 N–H and O–H groups in total. The van der Waals surface area contributed by atoms with Crippen molar-refractivity contribution in [3.8, 4) is 0 Å². The summed E-state index contributed by atoms with van der Waals surface area (Å²) in [6.45, 7) is 6.38. The molecule has 1 aromatic rings. The predicted octanol–water partition coefficient (Wildman–Crippen LogP) is 1.76. The molecular weight excluding hydrogens is 226 g/mol. The Kier molecular flexibility index (Phi) is 4.78. The quantitative estimate of drug-likeness (QED) is 0.837. The Balaban J connectivity index is 1.92. The van der Waals surface area contributed by atoms with Gasteiger partial charge in [-0.1, -0.05) is 13.8 Å². The van der Waals surface area contributed by atoms with Crippen molar-refractivity contribution in [3.63, 3.8) is 0 Å². The summed E-state index contributed by atoms with van der Waals surface area (Å²) in [7, 11) is 2.01. The van der Waals surface area contributed by atoms with Crippen molar-refractivity contribution in [1.82, 2.24) is 15.1 Å². The van der Waals surface area contributed by atoms with Crippen molar-refractivity contribution >= 4 is 0 Å². The van der Waals surface area contributed by atoms with Crippen LogP contribution in [0, 0.1) is 5.92 Å². The van der Waals surface area contributed by atoms with Crippen molar-refractivity contribution in [2.45, 2.75) is 45.3 Å². The predicted molar refractivity (Wildman–Crippen MR) is 72.5 cm³/mol. The molecule has 1 aliphatic heterocycles. The summed E-state index contributed by atoms with van der Waals surface area (Å²) in [5.41, 5.74) is 1.29. The fourth-order valence-electron chi connectivity index (χ4n) is 2.83. The van der Waals surface area contributed by atoms with Gasteiger partial charge in [0.1, 0.15) is 0 Å². The highest BCUT2D eigenvalue weighted by Gasteiger charge is 2.31. The van der Waals surface area contributed by atoms with E-state index < -0.39 is 0 Å². The van der Waals surface area contributed by atoms with Crippen molar-refractivity contribution in [1.29, 1.82) is 0 Å². The van der Waals surface area contributed by atoms with Gasteiger partial charge in [0.25, 0.3) is 0 Å². The van der Waals surface area contributed by atoms with Crippen LogP contribution in [0.2, 0.25) is 0 Å². The molecular formula is C14H25N3O. The Morgan fingerprint density at radius 3 is 3.00 bits per heavy atom. The Labute approximate surface area is 110 Å². The van der Waals surface area contributed by atoms with Crippen LogP contribution in [0.15, 0.2) is 12.3 Å². The van der Waals surface area contributed by atoms with Crippen LogP contribution >= 0.6 is 0 Å². The fraction of sp³-hybridized carbons (Fsp3) is 0.786. The van der Waals surface area contributed by atoms with E-state index in [9.17, 15) is 0 Å². The van der Waals surface area contributed by atoms with E-state index >= 15 is 0 Å². The van der Waals surface area contributed by atoms with Gasteiger partial charge in [-0.3, -0.25) is 4.68 Å². The first-order valence-corrected chi connectivity index (χ1v) is 7.04. The molecule has 0 aromatic carbocycles. The number of aromatic nitrogens is 2. The minimum atomic E-state index is 0.373. The second kappa shape index (κ2) is 6.34. The third-order valence-corrected chi connectivity index (χ3v) is 3.94. The van der Waals surface area contributed by atoms with Crippen molar-refractivity contribution in [2.75, 3.05) is 13.2 Å². The maximum Gasteiger partial charge on any atom is 0.0754 e. The molecule has 102 valence electrons. The molecule has 4 nitrogen and oxygen atoms in total. The first-order valence-electron chi connectivity index (χ1n) is 7.04. The Hall–Kier alpha value is -0.870. The molecule has 4 heteroatoms. The molecule has 0 amide bonds. The van der Waals surface area contributed by atoms with E-state index in [2.05, 4.69) is 30.3 Å². The minimum absolute atomic E-state index is 0.373. The van der Waals surface area contributed by atoms with Crippen LogP contribution in [0.25, 0.3) is 0 Å². The van der Waals surface area contributed by atoms with E-state index in [1.54, 1.807) is 0 Å². The van der Waals surface area contributed by atoms with Gasteiger partial charge in [-0.25, -0.2) is 0 Å². The van der Waals surface area contributed by atoms with Gasteiger partial charge in [0.15, 0.2) is 0 Å². The topological polar surface area (TPSA) is 39.1 Å². The van der Waals surface area contributed by atoms with Crippen LogP contribution in [-0.4, -0.2) is 35.1 Å². The van der Waals surface area contributed by atoms with Crippen LogP contribution in [0.3, 0.4) is 0 Å². The monoisotopic (exact) mass is 251 g/mol. The number of rotatable bonds is 6. The third-order valence-electron chi connectivity index (χ3n) is 3.94. The normalized spacial score (nSPS) is 25.5. The van der Waals surface area contributed by atoms with Gasteiger partial charge in [-0.15, -0.1) is 0 Å². The SMILES string of the molecule is CCNC(CCc1ccnn1C)C1OCCC1C. The molecule has 18 heavy (non-hydrogen) atoms. The maximum atomic E-state index is 5.90. The number of hydrogen-bond acceptors (Lipinski definition) is 3. The number of nitrogens with one attached hydrogen (secondary N) is 1. The van der Waals surface area contributed by atoms with Crippen molar-refractivity contribution in [3.05, 3.63) is 18.0 Å². The molecule has 0 bridgehead atoms. The second-order valence-electron chi connectivity index (χ2n) is 5.25. The summed E-state index contributed by atoms with van der Waals surface area (Å²) in [5, 5.41) is 7.80. The van der Waals surface area contributed by atoms with E-state index in [0.717, 1.165) is 26.0 Å². The number of nitrogens with zero attached hydrogens (tertiary/aromatic N) is 2. The van der Waals surface area contributed by atoms with Crippen LogP contribution < -0.4 is 5.32 Å². The van der Waals surface area contributed by atoms with Gasteiger partial charge < -0.3 is 10.1 Å². The lowest BCUT2D eigenvalue weighted by Crippen LogP contribution is -2.42. The molecule has 3 unspecified atom stereocenters.